The van der Waals surface area contributed by atoms with E-state index in [-0.39, 0.29) is 0 Å². The Labute approximate surface area is 305 Å². The normalized spacial score (nSPS) is 13.5. The van der Waals surface area contributed by atoms with Crippen LogP contribution in [0, 0.1) is 10.8 Å². The van der Waals surface area contributed by atoms with E-state index in [1.54, 1.807) is 119 Å². The Kier molecular flexibility index (Phi) is 12.5. The topological polar surface area (TPSA) is 163 Å². The second-order valence-electron chi connectivity index (χ2n) is 16.9. The number of ketones is 2. The van der Waals surface area contributed by atoms with E-state index in [1.165, 1.54) is 0 Å². The van der Waals surface area contributed by atoms with Gasteiger partial charge in [0.1, 0.15) is 23.3 Å². The summed E-state index contributed by atoms with van der Waals surface area (Å²) in [6.07, 6.45) is -1.53. The molecule has 0 fully saturated rings. The van der Waals surface area contributed by atoms with Gasteiger partial charge in [0.25, 0.3) is 0 Å². The summed E-state index contributed by atoms with van der Waals surface area (Å²) in [5, 5.41) is 8.21. The number of esters is 2. The number of ether oxygens (including phenoxy) is 4. The van der Waals surface area contributed by atoms with Crippen LogP contribution in [0.1, 0.15) is 104 Å². The van der Waals surface area contributed by atoms with Gasteiger partial charge in [-0.05, 0) is 98.2 Å². The van der Waals surface area contributed by atoms with Crippen LogP contribution >= 0.6 is 0 Å². The number of fused-ring (bicyclic) bond motifs is 2. The molecule has 0 saturated carbocycles. The fourth-order valence-electron chi connectivity index (χ4n) is 5.06. The molecule has 0 aliphatic heterocycles. The van der Waals surface area contributed by atoms with Crippen LogP contribution < -0.4 is 10.6 Å². The number of benzene rings is 3. The number of carbonyl (C=O) groups is 6. The molecule has 0 radical (unpaired) electrons. The molecule has 52 heavy (non-hydrogen) atoms. The van der Waals surface area contributed by atoms with Gasteiger partial charge < -0.3 is 29.6 Å². The molecular formula is C40H52N2O10. The number of alkyl carbamates (subject to hydrolysis) is 2. The van der Waals surface area contributed by atoms with Crippen molar-refractivity contribution in [1.29, 1.82) is 0 Å². The average molecular weight is 721 g/mol. The number of amides is 2. The van der Waals surface area contributed by atoms with Gasteiger partial charge >= 0.3 is 24.1 Å². The summed E-state index contributed by atoms with van der Waals surface area (Å²) in [6.45, 7) is 19.8. The summed E-state index contributed by atoms with van der Waals surface area (Å²) < 4.78 is 21.3. The molecule has 0 saturated heterocycles. The van der Waals surface area contributed by atoms with Crippen molar-refractivity contribution in [2.45, 2.75) is 106 Å². The van der Waals surface area contributed by atoms with Crippen LogP contribution in [0.4, 0.5) is 9.59 Å². The van der Waals surface area contributed by atoms with Crippen molar-refractivity contribution in [3.05, 3.63) is 59.7 Å². The largest absolute Gasteiger partial charge is 0.456 e. The molecule has 3 aromatic carbocycles. The molecule has 0 bridgehead atoms. The Balaban J connectivity index is 1.70. The highest BCUT2D eigenvalue weighted by Gasteiger charge is 2.37. The SMILES string of the molecule is CC(C)(C)OC(=O)NC(C(=O)OCC(=O)c1ccc2cc3cc(C(=O)COC(=O)[C@@H](NC(=O)OC(C)(C)C)C(C)(C)C)ccc3cc2c1)C(C)(C)C. The minimum Gasteiger partial charge on any atom is -0.456 e. The summed E-state index contributed by atoms with van der Waals surface area (Å²) in [5.41, 5.74) is -2.29. The zero-order chi connectivity index (χ0) is 39.4. The highest BCUT2D eigenvalue weighted by molar-refractivity contribution is 6.07. The van der Waals surface area contributed by atoms with Gasteiger partial charge in [-0.2, -0.15) is 0 Å². The maximum Gasteiger partial charge on any atom is 0.408 e. The molecule has 0 heterocycles. The van der Waals surface area contributed by atoms with E-state index < -0.39 is 83.0 Å². The Morgan fingerprint density at radius 3 is 1.12 bits per heavy atom. The maximum atomic E-state index is 13.1. The van der Waals surface area contributed by atoms with Crippen LogP contribution in [-0.4, -0.2) is 72.2 Å². The van der Waals surface area contributed by atoms with Gasteiger partial charge in [0.05, 0.1) is 0 Å². The molecule has 12 heteroatoms. The first-order chi connectivity index (χ1) is 23.7. The van der Waals surface area contributed by atoms with Gasteiger partial charge in [-0.1, -0.05) is 65.8 Å². The third-order valence-corrected chi connectivity index (χ3v) is 7.66. The van der Waals surface area contributed by atoms with E-state index in [9.17, 15) is 28.8 Å². The zero-order valence-corrected chi connectivity index (χ0v) is 32.3. The summed E-state index contributed by atoms with van der Waals surface area (Å²) in [4.78, 5) is 76.8. The Hall–Kier alpha value is -5.00. The van der Waals surface area contributed by atoms with E-state index >= 15 is 0 Å². The third kappa shape index (κ3) is 12.1. The molecule has 0 aromatic heterocycles. The van der Waals surface area contributed by atoms with Crippen molar-refractivity contribution in [3.63, 3.8) is 0 Å². The van der Waals surface area contributed by atoms with Crippen molar-refractivity contribution in [3.8, 4) is 0 Å². The quantitative estimate of drug-likeness (QED) is 0.0939. The standard InChI is InChI=1S/C40H52N2O10/c1-37(2,3)31(41-35(47)51-39(7,8)9)33(45)49-21-29(43)25-15-13-23-18-28-20-26(16-14-24(28)17-27(23)19-25)30(44)22-50-34(46)32(38(4,5)6)42-36(48)52-40(10,11)12/h13-20,31-32H,21-22H2,1-12H3,(H,41,47)(H,42,48)/t31-,32?/m1/s1. The monoisotopic (exact) mass is 720 g/mol. The van der Waals surface area contributed by atoms with E-state index in [1.807, 2.05) is 12.1 Å². The van der Waals surface area contributed by atoms with Gasteiger partial charge in [-0.25, -0.2) is 19.2 Å². The second-order valence-corrected chi connectivity index (χ2v) is 16.9. The fraction of sp³-hybridized carbons (Fsp3) is 0.500. The summed E-state index contributed by atoms with van der Waals surface area (Å²) in [5.74, 6) is -2.37. The first-order valence-electron chi connectivity index (χ1n) is 17.1. The van der Waals surface area contributed by atoms with Crippen molar-refractivity contribution >= 4 is 57.2 Å². The van der Waals surface area contributed by atoms with Crippen LogP contribution in [0.15, 0.2) is 48.5 Å². The predicted molar refractivity (Wildman–Crippen MR) is 197 cm³/mol. The highest BCUT2D eigenvalue weighted by Crippen LogP contribution is 2.27. The van der Waals surface area contributed by atoms with E-state index in [4.69, 9.17) is 18.9 Å². The van der Waals surface area contributed by atoms with Gasteiger partial charge in [-0.15, -0.1) is 0 Å². The molecule has 2 atom stereocenters. The molecule has 0 aliphatic carbocycles. The lowest BCUT2D eigenvalue weighted by molar-refractivity contribution is -0.148. The van der Waals surface area contributed by atoms with Gasteiger partial charge in [0.2, 0.25) is 0 Å². The van der Waals surface area contributed by atoms with Gasteiger partial charge in [-0.3, -0.25) is 9.59 Å². The number of nitrogens with one attached hydrogen (secondary N) is 2. The van der Waals surface area contributed by atoms with E-state index in [0.717, 1.165) is 21.5 Å². The molecule has 3 aromatic rings. The second kappa shape index (κ2) is 15.7. The van der Waals surface area contributed by atoms with Crippen molar-refractivity contribution < 1.29 is 47.7 Å². The minimum atomic E-state index is -1.05. The number of rotatable bonds is 10. The molecular weight excluding hydrogens is 668 g/mol. The zero-order valence-electron chi connectivity index (χ0n) is 32.3. The lowest BCUT2D eigenvalue weighted by Crippen LogP contribution is -2.51. The Morgan fingerprint density at radius 1 is 0.500 bits per heavy atom. The summed E-state index contributed by atoms with van der Waals surface area (Å²) in [6, 6.07) is 11.8. The summed E-state index contributed by atoms with van der Waals surface area (Å²) >= 11 is 0. The van der Waals surface area contributed by atoms with Gasteiger partial charge in [0, 0.05) is 11.1 Å². The predicted octanol–water partition coefficient (Wildman–Crippen LogP) is 7.32. The smallest absolute Gasteiger partial charge is 0.408 e. The maximum absolute atomic E-state index is 13.1. The summed E-state index contributed by atoms with van der Waals surface area (Å²) in [7, 11) is 0. The van der Waals surface area contributed by atoms with Gasteiger partial charge in [0.15, 0.2) is 24.8 Å². The molecule has 0 spiro atoms. The number of hydrogen-bond acceptors (Lipinski definition) is 10. The first-order valence-corrected chi connectivity index (χ1v) is 17.1. The van der Waals surface area contributed by atoms with Crippen LogP contribution in [0.3, 0.4) is 0 Å². The molecule has 282 valence electrons. The van der Waals surface area contributed by atoms with Crippen LogP contribution in [0.25, 0.3) is 21.5 Å². The fourth-order valence-corrected chi connectivity index (χ4v) is 5.06. The Bertz CT molecular complexity index is 1720. The number of carbonyl (C=O) groups excluding carboxylic acids is 6. The third-order valence-electron chi connectivity index (χ3n) is 7.66. The number of hydrogen-bond donors (Lipinski definition) is 2. The van der Waals surface area contributed by atoms with E-state index in [0.29, 0.717) is 11.1 Å². The molecule has 3 rings (SSSR count). The van der Waals surface area contributed by atoms with Crippen molar-refractivity contribution in [1.82, 2.24) is 10.6 Å². The van der Waals surface area contributed by atoms with Crippen molar-refractivity contribution in [2.75, 3.05) is 13.2 Å². The first kappa shape index (κ1) is 41.4. The average Bonchev–Trinajstić information content (AvgIpc) is 2.99. The van der Waals surface area contributed by atoms with E-state index in [2.05, 4.69) is 10.6 Å². The lowest BCUT2D eigenvalue weighted by atomic mass is 9.87. The lowest BCUT2D eigenvalue weighted by Gasteiger charge is -2.30. The van der Waals surface area contributed by atoms with Crippen LogP contribution in [-0.2, 0) is 28.5 Å². The Morgan fingerprint density at radius 2 is 0.827 bits per heavy atom. The van der Waals surface area contributed by atoms with Crippen molar-refractivity contribution in [2.24, 2.45) is 10.8 Å². The van der Waals surface area contributed by atoms with Crippen LogP contribution in [0.2, 0.25) is 0 Å². The molecule has 1 unspecified atom stereocenters. The highest BCUT2D eigenvalue weighted by atomic mass is 16.6. The molecule has 0 aliphatic rings. The number of Topliss-reactive ketones (excluding diaryl/α,β-unsaturated/α-hetero) is 2. The minimum absolute atomic E-state index is 0.329. The molecule has 2 N–H and O–H groups in total. The molecule has 2 amide bonds. The van der Waals surface area contributed by atoms with Crippen LogP contribution in [0.5, 0.6) is 0 Å². The molecule has 12 nitrogen and oxygen atoms in total.